The Kier molecular flexibility index (Phi) is 4.80. The van der Waals surface area contributed by atoms with Crippen LogP contribution in [0.15, 0.2) is 18.2 Å². The Bertz CT molecular complexity index is 558. The van der Waals surface area contributed by atoms with Gasteiger partial charge in [-0.1, -0.05) is 0 Å². The summed E-state index contributed by atoms with van der Waals surface area (Å²) in [5.41, 5.74) is 1.38. The van der Waals surface area contributed by atoms with E-state index < -0.39 is 4.92 Å². The number of carbonyl (C=O) groups excluding carboxylic acids is 1. The molecule has 0 spiro atoms. The van der Waals surface area contributed by atoms with Gasteiger partial charge >= 0.3 is 0 Å². The van der Waals surface area contributed by atoms with E-state index in [1.165, 1.54) is 12.1 Å². The second kappa shape index (κ2) is 6.41. The number of carbonyl (C=O) groups is 1. The number of nitrogens with one attached hydrogen (secondary N) is 1. The van der Waals surface area contributed by atoms with Crippen molar-refractivity contribution in [3.05, 3.63) is 39.4 Å². The summed E-state index contributed by atoms with van der Waals surface area (Å²) in [5.74, 6) is 0.465. The second-order valence-electron chi connectivity index (χ2n) is 5.48. The number of benzene rings is 1. The Balaban J connectivity index is 0.00000161. The van der Waals surface area contributed by atoms with Gasteiger partial charge in [-0.25, -0.2) is 0 Å². The van der Waals surface area contributed by atoms with E-state index in [0.29, 0.717) is 18.0 Å². The Morgan fingerprint density at radius 1 is 1.33 bits per heavy atom. The van der Waals surface area contributed by atoms with E-state index in [4.69, 9.17) is 0 Å². The van der Waals surface area contributed by atoms with Crippen molar-refractivity contribution in [1.82, 2.24) is 10.2 Å². The lowest BCUT2D eigenvalue weighted by Crippen LogP contribution is -2.36. The second-order valence-corrected chi connectivity index (χ2v) is 5.48. The first kappa shape index (κ1) is 15.7. The lowest BCUT2D eigenvalue weighted by molar-refractivity contribution is -0.384. The Hall–Kier alpha value is -1.66. The summed E-state index contributed by atoms with van der Waals surface area (Å²) in [6.45, 7) is 3.34. The van der Waals surface area contributed by atoms with Gasteiger partial charge in [-0.3, -0.25) is 14.9 Å². The molecule has 21 heavy (non-hydrogen) atoms. The summed E-state index contributed by atoms with van der Waals surface area (Å²) < 4.78 is 0. The largest absolute Gasteiger partial charge is 0.334 e. The van der Waals surface area contributed by atoms with Crippen molar-refractivity contribution in [2.45, 2.75) is 19.4 Å². The van der Waals surface area contributed by atoms with E-state index in [1.807, 2.05) is 4.90 Å². The minimum absolute atomic E-state index is 0. The van der Waals surface area contributed by atoms with E-state index >= 15 is 0 Å². The minimum Gasteiger partial charge on any atom is -0.334 e. The minimum atomic E-state index is -0.455. The summed E-state index contributed by atoms with van der Waals surface area (Å²) in [6.07, 6.45) is 2.17. The van der Waals surface area contributed by atoms with Crippen molar-refractivity contribution >= 4 is 24.0 Å². The molecule has 1 fully saturated rings. The van der Waals surface area contributed by atoms with Crippen LogP contribution in [0.3, 0.4) is 0 Å². The number of hydrogen-bond acceptors (Lipinski definition) is 4. The lowest BCUT2D eigenvalue weighted by atomic mass is 9.98. The highest BCUT2D eigenvalue weighted by molar-refractivity contribution is 5.98. The predicted molar refractivity (Wildman–Crippen MR) is 80.7 cm³/mol. The average Bonchev–Trinajstić information content (AvgIpc) is 2.76. The van der Waals surface area contributed by atoms with Gasteiger partial charge in [0, 0.05) is 25.2 Å². The maximum Gasteiger partial charge on any atom is 0.270 e. The summed E-state index contributed by atoms with van der Waals surface area (Å²) in [6, 6.07) is 4.58. The molecule has 1 amide bonds. The van der Waals surface area contributed by atoms with Crippen molar-refractivity contribution in [1.29, 1.82) is 0 Å². The molecular formula is C14H18ClN3O3. The first-order valence-corrected chi connectivity index (χ1v) is 6.92. The van der Waals surface area contributed by atoms with Crippen LogP contribution in [0.5, 0.6) is 0 Å². The van der Waals surface area contributed by atoms with Crippen molar-refractivity contribution in [3.8, 4) is 0 Å². The van der Waals surface area contributed by atoms with Crippen LogP contribution >= 0.6 is 12.4 Å². The van der Waals surface area contributed by atoms with Crippen LogP contribution in [0.1, 0.15) is 28.8 Å². The number of hydrogen-bond donors (Lipinski definition) is 1. The molecule has 114 valence electrons. The number of nitrogens with zero attached hydrogens (tertiary/aromatic N) is 2. The summed E-state index contributed by atoms with van der Waals surface area (Å²) in [4.78, 5) is 24.5. The fourth-order valence-corrected chi connectivity index (χ4v) is 2.99. The maximum absolute atomic E-state index is 12.3. The molecular weight excluding hydrogens is 294 g/mol. The van der Waals surface area contributed by atoms with Crippen LogP contribution in [0.4, 0.5) is 5.69 Å². The van der Waals surface area contributed by atoms with Gasteiger partial charge in [0.15, 0.2) is 0 Å². The van der Waals surface area contributed by atoms with Crippen molar-refractivity contribution < 1.29 is 9.72 Å². The fraction of sp³-hybridized carbons (Fsp3) is 0.500. The number of rotatable bonds is 3. The first-order chi connectivity index (χ1) is 9.65. The zero-order chi connectivity index (χ0) is 14.1. The molecule has 0 saturated carbocycles. The van der Waals surface area contributed by atoms with E-state index in [0.717, 1.165) is 38.0 Å². The van der Waals surface area contributed by atoms with Crippen LogP contribution in [0.25, 0.3) is 0 Å². The molecule has 0 radical (unpaired) electrons. The van der Waals surface area contributed by atoms with Crippen molar-refractivity contribution in [3.63, 3.8) is 0 Å². The molecule has 1 aromatic carbocycles. The first-order valence-electron chi connectivity index (χ1n) is 6.92. The van der Waals surface area contributed by atoms with Crippen LogP contribution in [0.2, 0.25) is 0 Å². The summed E-state index contributed by atoms with van der Waals surface area (Å²) >= 11 is 0. The van der Waals surface area contributed by atoms with Crippen LogP contribution in [-0.2, 0) is 6.54 Å². The smallest absolute Gasteiger partial charge is 0.270 e. The maximum atomic E-state index is 12.3. The van der Waals surface area contributed by atoms with Gasteiger partial charge in [-0.2, -0.15) is 0 Å². The standard InChI is InChI=1S/C14H17N3O3.ClH/c18-14-13-7-12(17(19)20)2-1-11(13)9-16(14)8-10-3-5-15-6-4-10;/h1-2,7,10,15H,3-6,8-9H2;1H. The van der Waals surface area contributed by atoms with Gasteiger partial charge in [-0.05, 0) is 43.5 Å². The average molecular weight is 312 g/mol. The number of fused-ring (bicyclic) bond motifs is 1. The molecule has 6 nitrogen and oxygen atoms in total. The predicted octanol–water partition coefficient (Wildman–Crippen LogP) is 1.97. The van der Waals surface area contributed by atoms with Gasteiger partial charge in [0.2, 0.25) is 0 Å². The molecule has 2 heterocycles. The molecule has 2 aliphatic heterocycles. The third-order valence-electron chi connectivity index (χ3n) is 4.12. The fourth-order valence-electron chi connectivity index (χ4n) is 2.99. The van der Waals surface area contributed by atoms with Crippen LogP contribution in [-0.4, -0.2) is 35.4 Å². The quantitative estimate of drug-likeness (QED) is 0.684. The van der Waals surface area contributed by atoms with Gasteiger partial charge in [-0.15, -0.1) is 12.4 Å². The number of piperidine rings is 1. The van der Waals surface area contributed by atoms with E-state index in [2.05, 4.69) is 5.32 Å². The van der Waals surface area contributed by atoms with Crippen molar-refractivity contribution in [2.75, 3.05) is 19.6 Å². The highest BCUT2D eigenvalue weighted by atomic mass is 35.5. The van der Waals surface area contributed by atoms with Crippen molar-refractivity contribution in [2.24, 2.45) is 5.92 Å². The third-order valence-corrected chi connectivity index (χ3v) is 4.12. The molecule has 0 aromatic heterocycles. The zero-order valence-corrected chi connectivity index (χ0v) is 12.4. The Labute approximate surface area is 129 Å². The van der Waals surface area contributed by atoms with Gasteiger partial charge in [0.1, 0.15) is 0 Å². The summed E-state index contributed by atoms with van der Waals surface area (Å²) in [5, 5.41) is 14.1. The Morgan fingerprint density at radius 3 is 2.71 bits per heavy atom. The van der Waals surface area contributed by atoms with Gasteiger partial charge in [0.05, 0.1) is 10.5 Å². The third kappa shape index (κ3) is 3.16. The van der Waals surface area contributed by atoms with E-state index in [9.17, 15) is 14.9 Å². The number of nitro groups is 1. The highest BCUT2D eigenvalue weighted by Crippen LogP contribution is 2.28. The zero-order valence-electron chi connectivity index (χ0n) is 11.6. The number of nitro benzene ring substituents is 1. The Morgan fingerprint density at radius 2 is 2.05 bits per heavy atom. The topological polar surface area (TPSA) is 75.5 Å². The molecule has 1 N–H and O–H groups in total. The summed E-state index contributed by atoms with van der Waals surface area (Å²) in [7, 11) is 0. The van der Waals surface area contributed by atoms with Crippen LogP contribution < -0.4 is 5.32 Å². The van der Waals surface area contributed by atoms with E-state index in [1.54, 1.807) is 6.07 Å². The lowest BCUT2D eigenvalue weighted by Gasteiger charge is -2.27. The van der Waals surface area contributed by atoms with Crippen LogP contribution in [0, 0.1) is 16.0 Å². The molecule has 7 heteroatoms. The molecule has 1 aromatic rings. The number of non-ortho nitro benzene ring substituents is 1. The highest BCUT2D eigenvalue weighted by Gasteiger charge is 2.30. The molecule has 2 aliphatic rings. The molecule has 1 saturated heterocycles. The normalized spacial score (nSPS) is 18.3. The van der Waals surface area contributed by atoms with E-state index in [-0.39, 0.29) is 24.0 Å². The molecule has 0 bridgehead atoms. The monoisotopic (exact) mass is 311 g/mol. The SMILES string of the molecule is Cl.O=C1c2cc([N+](=O)[O-])ccc2CN1CC1CCNCC1. The van der Waals surface area contributed by atoms with Gasteiger partial charge in [0.25, 0.3) is 11.6 Å². The number of halogens is 1. The molecule has 3 rings (SSSR count). The molecule has 0 atom stereocenters. The van der Waals surface area contributed by atoms with Gasteiger partial charge < -0.3 is 10.2 Å². The molecule has 0 aliphatic carbocycles. The number of amides is 1. The molecule has 0 unspecified atom stereocenters.